The van der Waals surface area contributed by atoms with Gasteiger partial charge in [-0.15, -0.1) is 0 Å². The van der Waals surface area contributed by atoms with Crippen LogP contribution in [0.5, 0.6) is 0 Å². The van der Waals surface area contributed by atoms with Gasteiger partial charge in [-0.25, -0.2) is 0 Å². The van der Waals surface area contributed by atoms with Crippen molar-refractivity contribution < 1.29 is 24.1 Å². The number of ether oxygens (including phenoxy) is 4. The lowest BCUT2D eigenvalue weighted by molar-refractivity contribution is -0.295. The van der Waals surface area contributed by atoms with Crippen LogP contribution in [0.25, 0.3) is 0 Å². The standard InChI is InChI=1S/C21H33NO5/c1-5-21(25-10-11-26-21)18-20-8-9-22(3)15(19(20,2)23)12-13-6-7-14(24-4)17(27-18)16(13)20/h13,15-16,18,23H,5-12H2,1-4H3. The maximum atomic E-state index is 12.0. The van der Waals surface area contributed by atoms with Crippen molar-refractivity contribution in [1.29, 1.82) is 0 Å². The highest BCUT2D eigenvalue weighted by Gasteiger charge is 2.77. The van der Waals surface area contributed by atoms with Gasteiger partial charge >= 0.3 is 0 Å². The minimum atomic E-state index is -0.874. The zero-order chi connectivity index (χ0) is 19.0. The van der Waals surface area contributed by atoms with Gasteiger partial charge in [0, 0.05) is 24.8 Å². The molecular weight excluding hydrogens is 346 g/mol. The second kappa shape index (κ2) is 5.85. The van der Waals surface area contributed by atoms with Gasteiger partial charge in [0.1, 0.15) is 11.5 Å². The molecule has 0 aromatic heterocycles. The first kappa shape index (κ1) is 18.2. The van der Waals surface area contributed by atoms with E-state index in [1.165, 1.54) is 0 Å². The number of methoxy groups -OCH3 is 1. The number of likely N-dealkylation sites (N-methyl/N-ethyl adjacent to an activating group) is 1. The highest BCUT2D eigenvalue weighted by Crippen LogP contribution is 2.69. The Morgan fingerprint density at radius 3 is 2.70 bits per heavy atom. The van der Waals surface area contributed by atoms with Crippen molar-refractivity contribution in [3.05, 3.63) is 11.5 Å². The minimum Gasteiger partial charge on any atom is -0.498 e. The Kier molecular flexibility index (Phi) is 3.95. The number of allylic oxidation sites excluding steroid dienone is 2. The number of rotatable bonds is 3. The summed E-state index contributed by atoms with van der Waals surface area (Å²) in [5.41, 5.74) is -1.28. The fraction of sp³-hybridized carbons (Fsp3) is 0.905. The molecule has 0 radical (unpaired) electrons. The van der Waals surface area contributed by atoms with Crippen LogP contribution in [0.15, 0.2) is 11.5 Å². The molecule has 5 rings (SSSR count). The fourth-order valence-corrected chi connectivity index (χ4v) is 7.21. The van der Waals surface area contributed by atoms with E-state index >= 15 is 0 Å². The largest absolute Gasteiger partial charge is 0.498 e. The van der Waals surface area contributed by atoms with E-state index in [1.54, 1.807) is 7.11 Å². The van der Waals surface area contributed by atoms with Crippen LogP contribution in [0.4, 0.5) is 0 Å². The van der Waals surface area contributed by atoms with Crippen LogP contribution in [0, 0.1) is 17.3 Å². The normalized spacial score (nSPS) is 48.3. The molecule has 27 heavy (non-hydrogen) atoms. The Balaban J connectivity index is 1.72. The van der Waals surface area contributed by atoms with E-state index in [4.69, 9.17) is 18.9 Å². The van der Waals surface area contributed by atoms with Gasteiger partial charge in [0.25, 0.3) is 0 Å². The molecule has 6 nitrogen and oxygen atoms in total. The molecule has 3 aliphatic heterocycles. The molecule has 6 heteroatoms. The summed E-state index contributed by atoms with van der Waals surface area (Å²) in [7, 11) is 3.89. The van der Waals surface area contributed by atoms with E-state index in [0.717, 1.165) is 43.7 Å². The van der Waals surface area contributed by atoms with E-state index < -0.39 is 16.8 Å². The fourth-order valence-electron chi connectivity index (χ4n) is 7.21. The van der Waals surface area contributed by atoms with Gasteiger partial charge in [-0.05, 0) is 45.7 Å². The SMILES string of the molecule is CCC1(C2OC3=C(OC)CCC4CC5N(C)CCC2(C34)C5(C)O)OCCO1. The molecule has 6 unspecified atom stereocenters. The lowest BCUT2D eigenvalue weighted by Gasteiger charge is -2.64. The molecule has 152 valence electrons. The third-order valence-electron chi connectivity index (χ3n) is 8.48. The average molecular weight is 379 g/mol. The van der Waals surface area contributed by atoms with E-state index in [1.807, 2.05) is 6.92 Å². The van der Waals surface area contributed by atoms with Crippen LogP contribution in [-0.4, -0.2) is 67.5 Å². The molecular formula is C21H33NO5. The van der Waals surface area contributed by atoms with E-state index in [0.29, 0.717) is 25.6 Å². The summed E-state index contributed by atoms with van der Waals surface area (Å²) in [6, 6.07) is 0.136. The molecule has 5 aliphatic rings. The minimum absolute atomic E-state index is 0.136. The molecule has 0 amide bonds. The van der Waals surface area contributed by atoms with Crippen molar-refractivity contribution >= 4 is 0 Å². The molecule has 1 spiro atoms. The first-order valence-electron chi connectivity index (χ1n) is 10.6. The lowest BCUT2D eigenvalue weighted by atomic mass is 9.46. The first-order valence-corrected chi connectivity index (χ1v) is 10.6. The van der Waals surface area contributed by atoms with Crippen molar-refractivity contribution in [1.82, 2.24) is 4.90 Å². The second-order valence-electron chi connectivity index (χ2n) is 9.30. The monoisotopic (exact) mass is 379 g/mol. The Morgan fingerprint density at radius 1 is 1.30 bits per heavy atom. The van der Waals surface area contributed by atoms with E-state index in [2.05, 4.69) is 18.9 Å². The molecule has 0 aromatic rings. The van der Waals surface area contributed by atoms with Crippen LogP contribution in [-0.2, 0) is 18.9 Å². The van der Waals surface area contributed by atoms with Gasteiger partial charge in [0.2, 0.25) is 5.79 Å². The summed E-state index contributed by atoms with van der Waals surface area (Å²) >= 11 is 0. The number of piperidine rings is 1. The maximum Gasteiger partial charge on any atom is 0.206 e. The number of aliphatic hydroxyl groups is 1. The van der Waals surface area contributed by atoms with Crippen LogP contribution in [0.2, 0.25) is 0 Å². The van der Waals surface area contributed by atoms with Crippen LogP contribution < -0.4 is 0 Å². The summed E-state index contributed by atoms with van der Waals surface area (Å²) < 4.78 is 24.9. The number of likely N-dealkylation sites (tertiary alicyclic amines) is 1. The van der Waals surface area contributed by atoms with Gasteiger partial charge < -0.3 is 29.0 Å². The molecule has 2 bridgehead atoms. The van der Waals surface area contributed by atoms with Crippen LogP contribution in [0.3, 0.4) is 0 Å². The molecule has 3 heterocycles. The predicted octanol–water partition coefficient (Wildman–Crippen LogP) is 2.27. The number of hydrogen-bond donors (Lipinski definition) is 1. The zero-order valence-electron chi connectivity index (χ0n) is 17.0. The number of nitrogens with zero attached hydrogens (tertiary/aromatic N) is 1. The summed E-state index contributed by atoms with van der Waals surface area (Å²) in [5.74, 6) is 1.83. The molecule has 0 aromatic carbocycles. The Morgan fingerprint density at radius 2 is 2.04 bits per heavy atom. The highest BCUT2D eigenvalue weighted by atomic mass is 16.8. The van der Waals surface area contributed by atoms with E-state index in [9.17, 15) is 5.11 Å². The first-order chi connectivity index (χ1) is 12.9. The second-order valence-corrected chi connectivity index (χ2v) is 9.30. The molecule has 1 N–H and O–H groups in total. The van der Waals surface area contributed by atoms with E-state index in [-0.39, 0.29) is 18.1 Å². The molecule has 3 saturated heterocycles. The van der Waals surface area contributed by atoms with Crippen molar-refractivity contribution in [3.63, 3.8) is 0 Å². The van der Waals surface area contributed by atoms with Gasteiger partial charge in [0.15, 0.2) is 6.10 Å². The van der Waals surface area contributed by atoms with Gasteiger partial charge in [-0.2, -0.15) is 0 Å². The third kappa shape index (κ3) is 2.05. The Bertz CT molecular complexity index is 655. The number of hydrogen-bond acceptors (Lipinski definition) is 6. The van der Waals surface area contributed by atoms with Crippen molar-refractivity contribution in [2.24, 2.45) is 17.3 Å². The van der Waals surface area contributed by atoms with Crippen LogP contribution in [0.1, 0.15) is 46.0 Å². The zero-order valence-corrected chi connectivity index (χ0v) is 17.0. The molecule has 6 atom stereocenters. The van der Waals surface area contributed by atoms with Crippen LogP contribution >= 0.6 is 0 Å². The Hall–Kier alpha value is -0.820. The molecule has 2 aliphatic carbocycles. The molecule has 1 saturated carbocycles. The van der Waals surface area contributed by atoms with Crippen molar-refractivity contribution in [2.75, 3.05) is 33.9 Å². The quantitative estimate of drug-likeness (QED) is 0.812. The predicted molar refractivity (Wildman–Crippen MR) is 98.8 cm³/mol. The lowest BCUT2D eigenvalue weighted by Crippen LogP contribution is -2.75. The van der Waals surface area contributed by atoms with Crippen molar-refractivity contribution in [3.8, 4) is 0 Å². The third-order valence-corrected chi connectivity index (χ3v) is 8.48. The van der Waals surface area contributed by atoms with Gasteiger partial charge in [0.05, 0.1) is 31.3 Å². The summed E-state index contributed by atoms with van der Waals surface area (Å²) in [6.45, 7) is 6.25. The maximum absolute atomic E-state index is 12.0. The molecule has 4 fully saturated rings. The summed E-state index contributed by atoms with van der Waals surface area (Å²) in [5, 5.41) is 12.0. The number of fused-ring (bicyclic) bond motifs is 1. The smallest absolute Gasteiger partial charge is 0.206 e. The summed E-state index contributed by atoms with van der Waals surface area (Å²) in [4.78, 5) is 2.35. The topological polar surface area (TPSA) is 60.4 Å². The summed E-state index contributed by atoms with van der Waals surface area (Å²) in [6.07, 6.45) is 4.30. The highest BCUT2D eigenvalue weighted by molar-refractivity contribution is 5.32. The van der Waals surface area contributed by atoms with Crippen molar-refractivity contribution in [2.45, 2.75) is 69.5 Å². The average Bonchev–Trinajstić information content (AvgIpc) is 3.26. The Labute approximate surface area is 161 Å². The van der Waals surface area contributed by atoms with Gasteiger partial charge in [-0.3, -0.25) is 0 Å². The van der Waals surface area contributed by atoms with Gasteiger partial charge in [-0.1, -0.05) is 6.92 Å².